The van der Waals surface area contributed by atoms with Gasteiger partial charge < -0.3 is 10.6 Å². The number of nitrogens with zero attached hydrogens (tertiary/aromatic N) is 1. The third-order valence-electron chi connectivity index (χ3n) is 4.71. The Morgan fingerprint density at radius 2 is 1.92 bits per heavy atom. The molecule has 0 aliphatic heterocycles. The van der Waals surface area contributed by atoms with Crippen LogP contribution >= 0.6 is 0 Å². The maximum absolute atomic E-state index is 13.6. The molecule has 2 aromatic rings. The molecule has 6 nitrogen and oxygen atoms in total. The summed E-state index contributed by atoms with van der Waals surface area (Å²) < 4.78 is 13.6. The number of benzene rings is 1. The molecule has 1 aromatic heterocycles. The van der Waals surface area contributed by atoms with Gasteiger partial charge in [0.25, 0.3) is 5.91 Å². The molecular formula is C18H21FN4O2. The van der Waals surface area contributed by atoms with E-state index in [0.717, 1.165) is 18.4 Å². The summed E-state index contributed by atoms with van der Waals surface area (Å²) in [5.74, 6) is -0.706. The number of carbonyl (C=O) groups excluding carboxylic acids is 2. The van der Waals surface area contributed by atoms with Crippen LogP contribution in [0, 0.1) is 5.82 Å². The molecule has 1 saturated carbocycles. The first-order chi connectivity index (χ1) is 12.1. The van der Waals surface area contributed by atoms with Crippen molar-refractivity contribution in [1.29, 1.82) is 0 Å². The maximum atomic E-state index is 13.6. The highest BCUT2D eigenvalue weighted by molar-refractivity contribution is 5.92. The summed E-state index contributed by atoms with van der Waals surface area (Å²) in [6.07, 6.45) is 4.81. The maximum Gasteiger partial charge on any atom is 0.269 e. The van der Waals surface area contributed by atoms with Crippen LogP contribution in [0.25, 0.3) is 0 Å². The average Bonchev–Trinajstić information content (AvgIpc) is 3.30. The molecule has 1 aliphatic rings. The first-order valence-electron chi connectivity index (χ1n) is 8.44. The average molecular weight is 344 g/mol. The molecule has 1 aromatic carbocycles. The zero-order chi connectivity index (χ0) is 17.7. The highest BCUT2D eigenvalue weighted by atomic mass is 19.1. The van der Waals surface area contributed by atoms with Crippen molar-refractivity contribution in [3.8, 4) is 0 Å². The lowest BCUT2D eigenvalue weighted by Gasteiger charge is -2.28. The van der Waals surface area contributed by atoms with Crippen LogP contribution in [0.15, 0.2) is 36.5 Å². The van der Waals surface area contributed by atoms with Gasteiger partial charge in [0, 0.05) is 19.3 Å². The smallest absolute Gasteiger partial charge is 0.269 e. The van der Waals surface area contributed by atoms with E-state index in [1.165, 1.54) is 18.3 Å². The van der Waals surface area contributed by atoms with E-state index >= 15 is 0 Å². The quantitative estimate of drug-likeness (QED) is 0.700. The molecular weight excluding hydrogens is 323 g/mol. The van der Waals surface area contributed by atoms with Gasteiger partial charge in [-0.1, -0.05) is 25.0 Å². The molecule has 0 saturated heterocycles. The minimum Gasteiger partial charge on any atom is -0.354 e. The Morgan fingerprint density at radius 3 is 2.60 bits per heavy atom. The molecule has 2 amide bonds. The van der Waals surface area contributed by atoms with Crippen LogP contribution in [0.2, 0.25) is 0 Å². The second-order valence-electron chi connectivity index (χ2n) is 6.28. The van der Waals surface area contributed by atoms with Crippen molar-refractivity contribution in [2.45, 2.75) is 31.1 Å². The third kappa shape index (κ3) is 3.70. The number of hydrogen-bond acceptors (Lipinski definition) is 3. The van der Waals surface area contributed by atoms with Crippen LogP contribution in [0.4, 0.5) is 4.39 Å². The lowest BCUT2D eigenvalue weighted by atomic mass is 9.78. The standard InChI is InChI=1S/C18H21FN4O2/c19-14-5-3-4-13(12-14)18(7-1-2-8-18)17(25)21-11-10-20-16(24)15-6-9-22-23-15/h3-6,9,12H,1-2,7-8,10-11H2,(H,20,24)(H,21,25)(H,22,23). The molecule has 7 heteroatoms. The Kier molecular flexibility index (Phi) is 5.11. The summed E-state index contributed by atoms with van der Waals surface area (Å²) in [6.45, 7) is 0.624. The molecule has 3 rings (SSSR count). The molecule has 0 unspecified atom stereocenters. The SMILES string of the molecule is O=C(NCCNC(=O)C1(c2cccc(F)c2)CCCC1)c1ccn[nH]1. The number of rotatable bonds is 6. The Balaban J connectivity index is 1.58. The monoisotopic (exact) mass is 344 g/mol. The molecule has 0 bridgehead atoms. The second kappa shape index (κ2) is 7.46. The summed E-state index contributed by atoms with van der Waals surface area (Å²) in [5, 5.41) is 11.9. The molecule has 1 fully saturated rings. The van der Waals surface area contributed by atoms with Crippen molar-refractivity contribution < 1.29 is 14.0 Å². The van der Waals surface area contributed by atoms with E-state index in [1.54, 1.807) is 12.1 Å². The summed E-state index contributed by atoms with van der Waals surface area (Å²) >= 11 is 0. The van der Waals surface area contributed by atoms with Crippen LogP contribution in [-0.2, 0) is 10.2 Å². The van der Waals surface area contributed by atoms with E-state index in [0.29, 0.717) is 31.6 Å². The molecule has 3 N–H and O–H groups in total. The fourth-order valence-corrected chi connectivity index (χ4v) is 3.41. The van der Waals surface area contributed by atoms with Gasteiger partial charge in [-0.3, -0.25) is 14.7 Å². The van der Waals surface area contributed by atoms with Gasteiger partial charge in [0.05, 0.1) is 5.41 Å². The fraction of sp³-hybridized carbons (Fsp3) is 0.389. The number of amides is 2. The van der Waals surface area contributed by atoms with E-state index in [4.69, 9.17) is 0 Å². The Labute approximate surface area is 145 Å². The number of halogens is 1. The van der Waals surface area contributed by atoms with Crippen LogP contribution in [0.1, 0.15) is 41.7 Å². The second-order valence-corrected chi connectivity index (χ2v) is 6.28. The van der Waals surface area contributed by atoms with Gasteiger partial charge in [0.2, 0.25) is 5.91 Å². The van der Waals surface area contributed by atoms with Gasteiger partial charge in [0.1, 0.15) is 11.5 Å². The lowest BCUT2D eigenvalue weighted by molar-refractivity contribution is -0.126. The van der Waals surface area contributed by atoms with Crippen LogP contribution in [0.3, 0.4) is 0 Å². The van der Waals surface area contributed by atoms with Crippen LogP contribution < -0.4 is 10.6 Å². The van der Waals surface area contributed by atoms with E-state index in [9.17, 15) is 14.0 Å². The highest BCUT2D eigenvalue weighted by Crippen LogP contribution is 2.41. The summed E-state index contributed by atoms with van der Waals surface area (Å²) in [5.41, 5.74) is 0.428. The van der Waals surface area contributed by atoms with E-state index in [2.05, 4.69) is 20.8 Å². The number of aromatic amines is 1. The summed E-state index contributed by atoms with van der Waals surface area (Å²) in [4.78, 5) is 24.6. The predicted molar refractivity (Wildman–Crippen MR) is 90.5 cm³/mol. The first kappa shape index (κ1) is 17.1. The number of hydrogen-bond donors (Lipinski definition) is 3. The number of H-pyrrole nitrogens is 1. The molecule has 1 aliphatic carbocycles. The Hall–Kier alpha value is -2.70. The summed E-state index contributed by atoms with van der Waals surface area (Å²) in [7, 11) is 0. The van der Waals surface area contributed by atoms with E-state index in [-0.39, 0.29) is 17.6 Å². The molecule has 1 heterocycles. The van der Waals surface area contributed by atoms with Crippen molar-refractivity contribution >= 4 is 11.8 Å². The summed E-state index contributed by atoms with van der Waals surface area (Å²) in [6, 6.07) is 7.86. The zero-order valence-corrected chi connectivity index (χ0v) is 13.8. The van der Waals surface area contributed by atoms with Gasteiger partial charge in [0.15, 0.2) is 0 Å². The van der Waals surface area contributed by atoms with Crippen molar-refractivity contribution in [2.24, 2.45) is 0 Å². The Bertz CT molecular complexity index is 739. The van der Waals surface area contributed by atoms with Crippen LogP contribution in [0.5, 0.6) is 0 Å². The highest BCUT2D eigenvalue weighted by Gasteiger charge is 2.42. The Morgan fingerprint density at radius 1 is 1.16 bits per heavy atom. The molecule has 25 heavy (non-hydrogen) atoms. The van der Waals surface area contributed by atoms with Crippen molar-refractivity contribution in [2.75, 3.05) is 13.1 Å². The van der Waals surface area contributed by atoms with Gasteiger partial charge >= 0.3 is 0 Å². The molecule has 132 valence electrons. The van der Waals surface area contributed by atoms with E-state index in [1.807, 2.05) is 6.07 Å². The van der Waals surface area contributed by atoms with Gasteiger partial charge in [-0.25, -0.2) is 4.39 Å². The van der Waals surface area contributed by atoms with Gasteiger partial charge in [-0.05, 0) is 36.6 Å². The van der Waals surface area contributed by atoms with Crippen molar-refractivity contribution in [3.63, 3.8) is 0 Å². The van der Waals surface area contributed by atoms with Gasteiger partial charge in [-0.15, -0.1) is 0 Å². The largest absolute Gasteiger partial charge is 0.354 e. The number of carbonyl (C=O) groups is 2. The number of nitrogens with one attached hydrogen (secondary N) is 3. The lowest BCUT2D eigenvalue weighted by Crippen LogP contribution is -2.45. The fourth-order valence-electron chi connectivity index (χ4n) is 3.41. The van der Waals surface area contributed by atoms with Crippen LogP contribution in [-0.4, -0.2) is 35.1 Å². The zero-order valence-electron chi connectivity index (χ0n) is 13.8. The minimum absolute atomic E-state index is 0.105. The number of aromatic nitrogens is 2. The predicted octanol–water partition coefficient (Wildman–Crippen LogP) is 1.91. The first-order valence-corrected chi connectivity index (χ1v) is 8.44. The molecule has 0 atom stereocenters. The van der Waals surface area contributed by atoms with Crippen molar-refractivity contribution in [3.05, 3.63) is 53.6 Å². The topological polar surface area (TPSA) is 86.9 Å². The van der Waals surface area contributed by atoms with E-state index < -0.39 is 5.41 Å². The molecule has 0 spiro atoms. The molecule has 0 radical (unpaired) electrons. The van der Waals surface area contributed by atoms with Crippen molar-refractivity contribution in [1.82, 2.24) is 20.8 Å². The van der Waals surface area contributed by atoms with Gasteiger partial charge in [-0.2, -0.15) is 5.10 Å². The third-order valence-corrected chi connectivity index (χ3v) is 4.71. The normalized spacial score (nSPS) is 15.7. The minimum atomic E-state index is -0.671.